The van der Waals surface area contributed by atoms with Crippen molar-refractivity contribution in [2.45, 2.75) is 18.3 Å². The van der Waals surface area contributed by atoms with Crippen molar-refractivity contribution >= 4 is 66.0 Å². The Hall–Kier alpha value is -0.960. The predicted octanol–water partition coefficient (Wildman–Crippen LogP) is 2.30. The molecule has 0 spiro atoms. The number of rotatable bonds is 2. The summed E-state index contributed by atoms with van der Waals surface area (Å²) in [6.07, 6.45) is 0. The maximum Gasteiger partial charge on any atom is 0.171 e. The van der Waals surface area contributed by atoms with Crippen LogP contribution in [-0.2, 0) is 9.84 Å². The Balaban J connectivity index is 1.68. The van der Waals surface area contributed by atoms with E-state index in [-0.39, 0.29) is 17.5 Å². The van der Waals surface area contributed by atoms with Crippen molar-refractivity contribution in [3.05, 3.63) is 23.2 Å². The van der Waals surface area contributed by atoms with E-state index < -0.39 is 15.2 Å². The van der Waals surface area contributed by atoms with E-state index in [0.717, 1.165) is 20.9 Å². The molecule has 0 amide bonds. The second-order valence-corrected chi connectivity index (χ2v) is 9.57. The average Bonchev–Trinajstić information content (AvgIpc) is 2.87. The first kappa shape index (κ1) is 15.9. The highest BCUT2D eigenvalue weighted by Gasteiger charge is 2.36. The Kier molecular flexibility index (Phi) is 4.28. The Labute approximate surface area is 143 Å². The molecule has 2 heterocycles. The minimum Gasteiger partial charge on any atom is -0.357 e. The molecular formula is C13H14ClN3O2S3. The number of hydrogen-bond donors (Lipinski definition) is 2. The van der Waals surface area contributed by atoms with Gasteiger partial charge in [0.15, 0.2) is 14.9 Å². The number of sulfone groups is 1. The van der Waals surface area contributed by atoms with Crippen LogP contribution in [0.4, 0.5) is 5.69 Å². The molecule has 1 fully saturated rings. The van der Waals surface area contributed by atoms with Crippen molar-refractivity contribution < 1.29 is 8.42 Å². The third-order valence-electron chi connectivity index (χ3n) is 3.35. The SMILES string of the molecule is Cc1nc2ccc(NC(=S)N[C@H]3CS(=O)(=O)C[C@@H]3Cl)cc2s1. The first-order chi connectivity index (χ1) is 10.3. The van der Waals surface area contributed by atoms with E-state index in [1.54, 1.807) is 11.3 Å². The van der Waals surface area contributed by atoms with E-state index in [0.29, 0.717) is 5.11 Å². The first-order valence-corrected chi connectivity index (χ1v) is 10.1. The zero-order chi connectivity index (χ0) is 15.9. The van der Waals surface area contributed by atoms with Gasteiger partial charge in [-0.2, -0.15) is 0 Å². The van der Waals surface area contributed by atoms with Gasteiger partial charge in [-0.3, -0.25) is 0 Å². The van der Waals surface area contributed by atoms with Crippen LogP contribution in [0.2, 0.25) is 0 Å². The summed E-state index contributed by atoms with van der Waals surface area (Å²) >= 11 is 12.9. The Bertz CT molecular complexity index is 834. The maximum atomic E-state index is 11.5. The minimum atomic E-state index is -3.08. The molecule has 1 aromatic carbocycles. The van der Waals surface area contributed by atoms with Gasteiger partial charge < -0.3 is 10.6 Å². The van der Waals surface area contributed by atoms with Crippen LogP contribution < -0.4 is 10.6 Å². The molecule has 5 nitrogen and oxygen atoms in total. The number of halogens is 1. The van der Waals surface area contributed by atoms with Crippen LogP contribution in [0.15, 0.2) is 18.2 Å². The smallest absolute Gasteiger partial charge is 0.171 e. The molecule has 0 radical (unpaired) electrons. The van der Waals surface area contributed by atoms with E-state index in [2.05, 4.69) is 15.6 Å². The standard InChI is InChI=1S/C13H14ClN3O2S3/c1-7-15-10-3-2-8(4-12(10)21-7)16-13(20)17-11-6-22(18,19)5-9(11)14/h2-4,9,11H,5-6H2,1H3,(H2,16,17,20)/t9-,11-/m0/s1. The molecular weight excluding hydrogens is 362 g/mol. The molecule has 9 heteroatoms. The quantitative estimate of drug-likeness (QED) is 0.620. The lowest BCUT2D eigenvalue weighted by atomic mass is 10.2. The highest BCUT2D eigenvalue weighted by Crippen LogP contribution is 2.25. The van der Waals surface area contributed by atoms with Crippen molar-refractivity contribution in [2.75, 3.05) is 16.8 Å². The Morgan fingerprint density at radius 2 is 2.23 bits per heavy atom. The highest BCUT2D eigenvalue weighted by atomic mass is 35.5. The number of thiazole rings is 1. The number of thiocarbonyl (C=S) groups is 1. The normalized spacial score (nSPS) is 23.5. The van der Waals surface area contributed by atoms with Crippen LogP contribution in [-0.4, -0.2) is 41.4 Å². The summed E-state index contributed by atoms with van der Waals surface area (Å²) in [7, 11) is -3.08. The largest absolute Gasteiger partial charge is 0.357 e. The van der Waals surface area contributed by atoms with E-state index in [1.807, 2.05) is 25.1 Å². The molecule has 1 saturated heterocycles. The van der Waals surface area contributed by atoms with Crippen LogP contribution in [0.1, 0.15) is 5.01 Å². The fourth-order valence-corrected chi connectivity index (χ4v) is 6.08. The molecule has 1 aliphatic heterocycles. The van der Waals surface area contributed by atoms with Crippen LogP contribution >= 0.6 is 35.2 Å². The lowest BCUT2D eigenvalue weighted by Gasteiger charge is -2.17. The van der Waals surface area contributed by atoms with Gasteiger partial charge in [0.2, 0.25) is 0 Å². The minimum absolute atomic E-state index is 0.00998. The van der Waals surface area contributed by atoms with Crippen LogP contribution in [0.25, 0.3) is 10.2 Å². The summed E-state index contributed by atoms with van der Waals surface area (Å²) in [4.78, 5) is 4.40. The van der Waals surface area contributed by atoms with Crippen molar-refractivity contribution in [2.24, 2.45) is 0 Å². The molecule has 1 aliphatic rings. The molecule has 2 atom stereocenters. The molecule has 0 bridgehead atoms. The summed E-state index contributed by atoms with van der Waals surface area (Å²) in [5, 5.41) is 6.96. The van der Waals surface area contributed by atoms with Crippen molar-refractivity contribution in [3.8, 4) is 0 Å². The number of nitrogens with one attached hydrogen (secondary N) is 2. The molecule has 0 saturated carbocycles. The summed E-state index contributed by atoms with van der Waals surface area (Å²) in [6, 6.07) is 5.42. The molecule has 3 rings (SSSR count). The summed E-state index contributed by atoms with van der Waals surface area (Å²) in [5.41, 5.74) is 1.79. The molecule has 2 aromatic rings. The van der Waals surface area contributed by atoms with E-state index in [1.165, 1.54) is 0 Å². The third kappa shape index (κ3) is 3.51. The molecule has 1 aromatic heterocycles. The first-order valence-electron chi connectivity index (χ1n) is 6.62. The van der Waals surface area contributed by atoms with E-state index >= 15 is 0 Å². The maximum absolute atomic E-state index is 11.5. The van der Waals surface area contributed by atoms with Crippen molar-refractivity contribution in [3.63, 3.8) is 0 Å². The zero-order valence-electron chi connectivity index (χ0n) is 11.7. The van der Waals surface area contributed by atoms with Crippen LogP contribution in [0.3, 0.4) is 0 Å². The summed E-state index contributed by atoms with van der Waals surface area (Å²) in [5.74, 6) is -0.00298. The predicted molar refractivity (Wildman–Crippen MR) is 95.8 cm³/mol. The van der Waals surface area contributed by atoms with Crippen molar-refractivity contribution in [1.29, 1.82) is 0 Å². The van der Waals surface area contributed by atoms with Gasteiger partial charge in [0.1, 0.15) is 0 Å². The van der Waals surface area contributed by atoms with Gasteiger partial charge in [-0.25, -0.2) is 13.4 Å². The second-order valence-electron chi connectivity index (χ2n) is 5.21. The second kappa shape index (κ2) is 5.92. The van der Waals surface area contributed by atoms with Crippen LogP contribution in [0, 0.1) is 6.92 Å². The van der Waals surface area contributed by atoms with Gasteiger partial charge in [0, 0.05) is 5.69 Å². The van der Waals surface area contributed by atoms with Gasteiger partial charge >= 0.3 is 0 Å². The van der Waals surface area contributed by atoms with Gasteiger partial charge in [-0.15, -0.1) is 22.9 Å². The molecule has 2 N–H and O–H groups in total. The zero-order valence-corrected chi connectivity index (χ0v) is 14.9. The fourth-order valence-electron chi connectivity index (χ4n) is 2.39. The van der Waals surface area contributed by atoms with Gasteiger partial charge in [0.05, 0.1) is 38.1 Å². The highest BCUT2D eigenvalue weighted by molar-refractivity contribution is 7.91. The molecule has 118 valence electrons. The van der Waals surface area contributed by atoms with Crippen molar-refractivity contribution in [1.82, 2.24) is 10.3 Å². The number of fused-ring (bicyclic) bond motifs is 1. The number of hydrogen-bond acceptors (Lipinski definition) is 5. The monoisotopic (exact) mass is 375 g/mol. The number of anilines is 1. The molecule has 0 aliphatic carbocycles. The van der Waals surface area contributed by atoms with Gasteiger partial charge in [0.25, 0.3) is 0 Å². The Morgan fingerprint density at radius 3 is 2.91 bits per heavy atom. The number of aryl methyl sites for hydroxylation is 1. The van der Waals surface area contributed by atoms with E-state index in [9.17, 15) is 8.42 Å². The average molecular weight is 376 g/mol. The number of alkyl halides is 1. The van der Waals surface area contributed by atoms with Gasteiger partial charge in [-0.05, 0) is 37.3 Å². The molecule has 22 heavy (non-hydrogen) atoms. The number of aromatic nitrogens is 1. The molecule has 0 unspecified atom stereocenters. The summed E-state index contributed by atoms with van der Waals surface area (Å²) in [6.45, 7) is 1.96. The number of nitrogens with zero attached hydrogens (tertiary/aromatic N) is 1. The summed E-state index contributed by atoms with van der Waals surface area (Å²) < 4.78 is 24.2. The lowest BCUT2D eigenvalue weighted by Crippen LogP contribution is -2.42. The Morgan fingerprint density at radius 1 is 1.45 bits per heavy atom. The third-order valence-corrected chi connectivity index (χ3v) is 6.88. The van der Waals surface area contributed by atoms with Gasteiger partial charge in [-0.1, -0.05) is 0 Å². The van der Waals surface area contributed by atoms with E-state index in [4.69, 9.17) is 23.8 Å². The lowest BCUT2D eigenvalue weighted by molar-refractivity contribution is 0.600. The van der Waals surface area contributed by atoms with Crippen LogP contribution in [0.5, 0.6) is 0 Å². The number of benzene rings is 1. The topological polar surface area (TPSA) is 71.1 Å². The fraction of sp³-hybridized carbons (Fsp3) is 0.385.